The summed E-state index contributed by atoms with van der Waals surface area (Å²) < 4.78 is 0. The molecular weight excluding hydrogens is 440 g/mol. The minimum atomic E-state index is -1.68. The number of nitrogens with two attached hydrogens (primary N) is 3. The van der Waals surface area contributed by atoms with Crippen molar-refractivity contribution < 1.29 is 39.0 Å². The third-order valence-electron chi connectivity index (χ3n) is 4.59. The number of primary amides is 1. The molecule has 0 aliphatic carbocycles. The Hall–Kier alpha value is -3.26. The molecule has 0 aromatic rings. The smallest absolute Gasteiger partial charge is 0.326 e. The number of amides is 4. The highest BCUT2D eigenvalue weighted by atomic mass is 16.4. The fourth-order valence-electron chi connectivity index (χ4n) is 2.75. The molecular formula is C19H34N6O8. The first-order chi connectivity index (χ1) is 15.3. The molecule has 0 aliphatic rings. The third-order valence-corrected chi connectivity index (χ3v) is 4.59. The maximum Gasteiger partial charge on any atom is 0.326 e. The van der Waals surface area contributed by atoms with E-state index < -0.39 is 78.5 Å². The quantitative estimate of drug-likeness (QED) is 0.105. The van der Waals surface area contributed by atoms with Gasteiger partial charge in [0.05, 0.1) is 18.9 Å². The van der Waals surface area contributed by atoms with Crippen LogP contribution in [0.2, 0.25) is 0 Å². The van der Waals surface area contributed by atoms with E-state index in [9.17, 15) is 33.9 Å². The molecule has 0 saturated heterocycles. The molecule has 188 valence electrons. The van der Waals surface area contributed by atoms with E-state index in [1.54, 1.807) is 0 Å². The Bertz CT molecular complexity index is 729. The molecule has 4 unspecified atom stereocenters. The van der Waals surface area contributed by atoms with Crippen molar-refractivity contribution in [1.29, 1.82) is 0 Å². The lowest BCUT2D eigenvalue weighted by Gasteiger charge is -2.25. The standard InChI is InChI=1S/C19H34N6O8/c1-9(2)15(19(32)33)25-18(31)12(8-14(27)28)24-17(30)11(7-13(22)26)23-16(29)10(21)5-3-4-6-20/h9-12,15H,3-8,20-21H2,1-2H3,(H2,22,26)(H,23,29)(H,24,30)(H,25,31)(H,27,28)(H,32,33). The van der Waals surface area contributed by atoms with Crippen LogP contribution in [0.3, 0.4) is 0 Å². The van der Waals surface area contributed by atoms with E-state index in [0.29, 0.717) is 19.4 Å². The molecule has 0 fully saturated rings. The van der Waals surface area contributed by atoms with Crippen LogP contribution in [-0.2, 0) is 28.8 Å². The second-order valence-corrected chi connectivity index (χ2v) is 7.85. The first kappa shape index (κ1) is 29.7. The van der Waals surface area contributed by atoms with E-state index >= 15 is 0 Å². The molecule has 0 aromatic carbocycles. The molecule has 4 amide bonds. The van der Waals surface area contributed by atoms with Crippen LogP contribution in [0.15, 0.2) is 0 Å². The lowest BCUT2D eigenvalue weighted by Crippen LogP contribution is -2.58. The molecule has 14 nitrogen and oxygen atoms in total. The Balaban J connectivity index is 5.45. The number of unbranched alkanes of at least 4 members (excludes halogenated alkanes) is 1. The monoisotopic (exact) mass is 474 g/mol. The van der Waals surface area contributed by atoms with Gasteiger partial charge in [0.1, 0.15) is 18.1 Å². The molecule has 0 aliphatic heterocycles. The highest BCUT2D eigenvalue weighted by molar-refractivity contribution is 5.97. The van der Waals surface area contributed by atoms with Crippen molar-refractivity contribution in [3.05, 3.63) is 0 Å². The van der Waals surface area contributed by atoms with Crippen molar-refractivity contribution in [2.24, 2.45) is 23.1 Å². The molecule has 33 heavy (non-hydrogen) atoms. The van der Waals surface area contributed by atoms with Gasteiger partial charge in [-0.25, -0.2) is 4.79 Å². The highest BCUT2D eigenvalue weighted by Crippen LogP contribution is 2.05. The van der Waals surface area contributed by atoms with E-state index in [1.807, 2.05) is 0 Å². The molecule has 14 heteroatoms. The maximum atomic E-state index is 12.7. The normalized spacial score (nSPS) is 14.5. The number of carboxylic acids is 2. The molecule has 0 aromatic heterocycles. The van der Waals surface area contributed by atoms with Crippen LogP contribution in [0, 0.1) is 5.92 Å². The van der Waals surface area contributed by atoms with Gasteiger partial charge in [-0.2, -0.15) is 0 Å². The highest BCUT2D eigenvalue weighted by Gasteiger charge is 2.33. The second kappa shape index (κ2) is 14.7. The molecule has 0 spiro atoms. The number of hydrogen-bond acceptors (Lipinski definition) is 8. The van der Waals surface area contributed by atoms with Gasteiger partial charge < -0.3 is 43.4 Å². The largest absolute Gasteiger partial charge is 0.481 e. The number of carbonyl (C=O) groups excluding carboxylic acids is 4. The van der Waals surface area contributed by atoms with Gasteiger partial charge in [-0.05, 0) is 25.3 Å². The van der Waals surface area contributed by atoms with E-state index in [2.05, 4.69) is 16.0 Å². The minimum absolute atomic E-state index is 0.268. The van der Waals surface area contributed by atoms with Crippen molar-refractivity contribution in [3.63, 3.8) is 0 Å². The average molecular weight is 475 g/mol. The van der Waals surface area contributed by atoms with Crippen molar-refractivity contribution in [2.75, 3.05) is 6.54 Å². The van der Waals surface area contributed by atoms with Crippen LogP contribution in [0.5, 0.6) is 0 Å². The molecule has 11 N–H and O–H groups in total. The molecule has 0 bridgehead atoms. The average Bonchev–Trinajstić information content (AvgIpc) is 2.69. The molecule has 0 rings (SSSR count). The summed E-state index contributed by atoms with van der Waals surface area (Å²) in [6, 6.07) is -5.54. The summed E-state index contributed by atoms with van der Waals surface area (Å²) in [5.41, 5.74) is 16.3. The van der Waals surface area contributed by atoms with Gasteiger partial charge in [-0.1, -0.05) is 20.3 Å². The van der Waals surface area contributed by atoms with Crippen LogP contribution >= 0.6 is 0 Å². The van der Waals surface area contributed by atoms with Crippen molar-refractivity contribution in [3.8, 4) is 0 Å². The summed E-state index contributed by atoms with van der Waals surface area (Å²) in [7, 11) is 0. The summed E-state index contributed by atoms with van der Waals surface area (Å²) >= 11 is 0. The Kier molecular flexibility index (Phi) is 13.3. The number of nitrogens with one attached hydrogen (secondary N) is 3. The van der Waals surface area contributed by atoms with E-state index in [0.717, 1.165) is 0 Å². The zero-order valence-electron chi connectivity index (χ0n) is 18.7. The van der Waals surface area contributed by atoms with Crippen molar-refractivity contribution in [1.82, 2.24) is 16.0 Å². The first-order valence-electron chi connectivity index (χ1n) is 10.4. The Morgan fingerprint density at radius 2 is 1.33 bits per heavy atom. The lowest BCUT2D eigenvalue weighted by atomic mass is 10.0. The zero-order valence-corrected chi connectivity index (χ0v) is 18.7. The van der Waals surface area contributed by atoms with Crippen LogP contribution in [0.4, 0.5) is 0 Å². The van der Waals surface area contributed by atoms with Crippen molar-refractivity contribution in [2.45, 2.75) is 70.1 Å². The summed E-state index contributed by atoms with van der Waals surface area (Å²) in [6.45, 7) is 3.46. The van der Waals surface area contributed by atoms with Crippen molar-refractivity contribution >= 4 is 35.6 Å². The van der Waals surface area contributed by atoms with Gasteiger partial charge in [0.25, 0.3) is 0 Å². The molecule has 0 radical (unpaired) electrons. The molecule has 4 atom stereocenters. The van der Waals surface area contributed by atoms with Gasteiger partial charge in [-0.15, -0.1) is 0 Å². The second-order valence-electron chi connectivity index (χ2n) is 7.85. The predicted octanol–water partition coefficient (Wildman–Crippen LogP) is -3.01. The Morgan fingerprint density at radius 3 is 1.79 bits per heavy atom. The first-order valence-corrected chi connectivity index (χ1v) is 10.4. The van der Waals surface area contributed by atoms with Gasteiger partial charge >= 0.3 is 11.9 Å². The molecule has 0 heterocycles. The van der Waals surface area contributed by atoms with Gasteiger partial charge in [0, 0.05) is 0 Å². The van der Waals surface area contributed by atoms with E-state index in [4.69, 9.17) is 22.3 Å². The number of hydrogen-bond donors (Lipinski definition) is 8. The summed E-state index contributed by atoms with van der Waals surface area (Å²) in [6.07, 6.45) is -0.0645. The summed E-state index contributed by atoms with van der Waals surface area (Å²) in [4.78, 5) is 71.3. The Labute approximate surface area is 191 Å². The number of aliphatic carboxylic acids is 2. The number of carboxylic acid groups (broad SMARTS) is 2. The SMILES string of the molecule is CC(C)C(NC(=O)C(CC(=O)O)NC(=O)C(CC(N)=O)NC(=O)C(N)CCCCN)C(=O)O. The maximum absolute atomic E-state index is 12.7. The molecule has 0 saturated carbocycles. The van der Waals surface area contributed by atoms with Crippen LogP contribution < -0.4 is 33.2 Å². The Morgan fingerprint density at radius 1 is 0.818 bits per heavy atom. The lowest BCUT2D eigenvalue weighted by molar-refractivity contribution is -0.144. The van der Waals surface area contributed by atoms with E-state index in [-0.39, 0.29) is 6.42 Å². The van der Waals surface area contributed by atoms with Gasteiger partial charge in [-0.3, -0.25) is 24.0 Å². The predicted molar refractivity (Wildman–Crippen MR) is 115 cm³/mol. The minimum Gasteiger partial charge on any atom is -0.481 e. The zero-order chi connectivity index (χ0) is 25.7. The van der Waals surface area contributed by atoms with E-state index in [1.165, 1.54) is 13.8 Å². The third kappa shape index (κ3) is 11.8. The fourth-order valence-corrected chi connectivity index (χ4v) is 2.75. The van der Waals surface area contributed by atoms with Crippen LogP contribution in [0.25, 0.3) is 0 Å². The van der Waals surface area contributed by atoms with Gasteiger partial charge in [0.2, 0.25) is 23.6 Å². The summed E-state index contributed by atoms with van der Waals surface area (Å²) in [5, 5.41) is 24.9. The number of carbonyl (C=O) groups is 6. The summed E-state index contributed by atoms with van der Waals surface area (Å²) in [5.74, 6) is -7.15. The number of rotatable bonds is 16. The van der Waals surface area contributed by atoms with Gasteiger partial charge in [0.15, 0.2) is 0 Å². The van der Waals surface area contributed by atoms with Crippen LogP contribution in [-0.4, -0.2) is 76.5 Å². The van der Waals surface area contributed by atoms with Crippen LogP contribution in [0.1, 0.15) is 46.0 Å². The topological polar surface area (TPSA) is 257 Å². The fraction of sp³-hybridized carbons (Fsp3) is 0.684.